The van der Waals surface area contributed by atoms with E-state index in [-0.39, 0.29) is 12.5 Å². The van der Waals surface area contributed by atoms with Crippen LogP contribution in [-0.4, -0.2) is 61.7 Å². The fourth-order valence-corrected chi connectivity index (χ4v) is 6.54. The summed E-state index contributed by atoms with van der Waals surface area (Å²) in [6.07, 6.45) is -0.691. The Morgan fingerprint density at radius 2 is 1.89 bits per heavy atom. The molecule has 0 saturated heterocycles. The van der Waals surface area contributed by atoms with E-state index in [1.54, 1.807) is 22.7 Å². The molecule has 35 heavy (non-hydrogen) atoms. The molecule has 1 aromatic carbocycles. The van der Waals surface area contributed by atoms with Gasteiger partial charge >= 0.3 is 0 Å². The Morgan fingerprint density at radius 3 is 2.60 bits per heavy atom. The van der Waals surface area contributed by atoms with E-state index in [1.165, 1.54) is 10.4 Å². The summed E-state index contributed by atoms with van der Waals surface area (Å²) >= 11 is 3.31. The van der Waals surface area contributed by atoms with E-state index < -0.39 is 18.2 Å². The van der Waals surface area contributed by atoms with E-state index in [2.05, 4.69) is 29.0 Å². The number of fused-ring (bicyclic) bond motifs is 1. The molecule has 1 aliphatic carbocycles. The maximum atomic E-state index is 10.6. The van der Waals surface area contributed by atoms with Crippen molar-refractivity contribution < 1.29 is 15.3 Å². The van der Waals surface area contributed by atoms with Crippen LogP contribution >= 0.6 is 22.7 Å². The third-order valence-corrected chi connectivity index (χ3v) is 8.70. The number of aromatic nitrogens is 3. The Balaban J connectivity index is 1.47. The van der Waals surface area contributed by atoms with Crippen LogP contribution in [0.25, 0.3) is 20.8 Å². The zero-order valence-corrected chi connectivity index (χ0v) is 21.2. The van der Waals surface area contributed by atoms with Crippen molar-refractivity contribution in [2.45, 2.75) is 44.9 Å². The van der Waals surface area contributed by atoms with Crippen molar-refractivity contribution >= 4 is 44.7 Å². The third kappa shape index (κ3) is 4.89. The first-order valence-electron chi connectivity index (χ1n) is 11.7. The molecular weight excluding hydrogens is 482 g/mol. The Bertz CT molecular complexity index is 1290. The zero-order chi connectivity index (χ0) is 24.5. The molecule has 0 unspecified atom stereocenters. The number of aryl methyl sites for hydroxylation is 2. The van der Waals surface area contributed by atoms with Gasteiger partial charge in [-0.3, -0.25) is 0 Å². The molecule has 0 spiro atoms. The van der Waals surface area contributed by atoms with Gasteiger partial charge < -0.3 is 26.0 Å². The molecule has 1 fully saturated rings. The Morgan fingerprint density at radius 1 is 1.06 bits per heavy atom. The maximum absolute atomic E-state index is 10.6. The molecule has 5 N–H and O–H groups in total. The first kappa shape index (κ1) is 24.1. The topological polar surface area (TPSA) is 123 Å². The Labute approximate surface area is 211 Å². The number of aliphatic hydroxyl groups excluding tert-OH is 3. The average Bonchev–Trinajstić information content (AvgIpc) is 3.52. The second-order valence-electron chi connectivity index (χ2n) is 8.96. The smallest absolute Gasteiger partial charge is 0.224 e. The van der Waals surface area contributed by atoms with Gasteiger partial charge in [0.1, 0.15) is 16.9 Å². The highest BCUT2D eigenvalue weighted by Crippen LogP contribution is 2.38. The van der Waals surface area contributed by atoms with Crippen molar-refractivity contribution in [3.05, 3.63) is 51.8 Å². The van der Waals surface area contributed by atoms with Crippen molar-refractivity contribution in [2.75, 3.05) is 23.8 Å². The van der Waals surface area contributed by atoms with E-state index >= 15 is 0 Å². The number of anilines is 2. The molecule has 3 aromatic heterocycles. The van der Waals surface area contributed by atoms with Crippen molar-refractivity contribution in [2.24, 2.45) is 5.92 Å². The second kappa shape index (κ2) is 10.2. The number of thiazole rings is 1. The lowest BCUT2D eigenvalue weighted by atomic mass is 10.1. The molecule has 4 aromatic rings. The molecule has 0 aliphatic heterocycles. The molecule has 3 heterocycles. The lowest BCUT2D eigenvalue weighted by Gasteiger charge is -2.21. The average molecular weight is 512 g/mol. The molecular formula is C25H29N5O3S2. The van der Waals surface area contributed by atoms with Gasteiger partial charge in [0, 0.05) is 23.9 Å². The van der Waals surface area contributed by atoms with Gasteiger partial charge in [-0.25, -0.2) is 9.97 Å². The molecule has 1 saturated carbocycles. The van der Waals surface area contributed by atoms with Crippen molar-refractivity contribution in [3.63, 3.8) is 0 Å². The van der Waals surface area contributed by atoms with Crippen molar-refractivity contribution in [1.82, 2.24) is 15.0 Å². The van der Waals surface area contributed by atoms with Crippen LogP contribution in [0.3, 0.4) is 0 Å². The minimum absolute atomic E-state index is 0.182. The standard InChI is InChI=1S/C25H29N5O3S2/c1-13-8-10-34-18(13)7-9-26-25-27-14(2)20(24-29-16-5-3-4-6-19(16)35-24)23(30-25)28-17-11-15(12-31)21(32)22(17)33/h3-6,8,10,15,17,21-22,31-33H,7,9,11-12H2,1-2H3,(H2,26,27,28,30)/t15-,17-,21-,22+/m1/s1. The lowest BCUT2D eigenvalue weighted by Crippen LogP contribution is -2.35. The number of hydrogen-bond acceptors (Lipinski definition) is 10. The van der Waals surface area contributed by atoms with Gasteiger partial charge in [-0.15, -0.1) is 22.7 Å². The van der Waals surface area contributed by atoms with E-state index in [4.69, 9.17) is 15.0 Å². The maximum Gasteiger partial charge on any atom is 0.224 e. The van der Waals surface area contributed by atoms with Crippen LogP contribution in [0, 0.1) is 19.8 Å². The highest BCUT2D eigenvalue weighted by Gasteiger charge is 2.41. The predicted molar refractivity (Wildman–Crippen MR) is 141 cm³/mol. The first-order valence-corrected chi connectivity index (χ1v) is 13.4. The number of para-hydroxylation sites is 1. The van der Waals surface area contributed by atoms with Crippen LogP contribution < -0.4 is 10.6 Å². The largest absolute Gasteiger partial charge is 0.396 e. The summed E-state index contributed by atoms with van der Waals surface area (Å²) in [5.74, 6) is 0.667. The van der Waals surface area contributed by atoms with Crippen LogP contribution in [0.2, 0.25) is 0 Å². The van der Waals surface area contributed by atoms with Gasteiger partial charge in [0.15, 0.2) is 0 Å². The molecule has 0 amide bonds. The summed E-state index contributed by atoms with van der Waals surface area (Å²) < 4.78 is 1.07. The molecule has 10 heteroatoms. The van der Waals surface area contributed by atoms with Crippen molar-refractivity contribution in [3.8, 4) is 10.6 Å². The first-order chi connectivity index (χ1) is 16.9. The number of nitrogens with one attached hydrogen (secondary N) is 2. The van der Waals surface area contributed by atoms with E-state index in [1.807, 2.05) is 31.2 Å². The van der Waals surface area contributed by atoms with Crippen LogP contribution in [0.15, 0.2) is 35.7 Å². The number of rotatable bonds is 8. The number of thiophene rings is 1. The predicted octanol–water partition coefficient (Wildman–Crippen LogP) is 3.60. The van der Waals surface area contributed by atoms with Gasteiger partial charge in [0.25, 0.3) is 0 Å². The highest BCUT2D eigenvalue weighted by atomic mass is 32.1. The molecule has 5 rings (SSSR count). The monoisotopic (exact) mass is 511 g/mol. The lowest BCUT2D eigenvalue weighted by molar-refractivity contribution is 0.00446. The van der Waals surface area contributed by atoms with E-state index in [0.29, 0.717) is 24.7 Å². The zero-order valence-electron chi connectivity index (χ0n) is 19.6. The van der Waals surface area contributed by atoms with Gasteiger partial charge in [-0.2, -0.15) is 4.98 Å². The van der Waals surface area contributed by atoms with E-state index in [0.717, 1.165) is 32.9 Å². The van der Waals surface area contributed by atoms with Crippen LogP contribution in [-0.2, 0) is 6.42 Å². The minimum Gasteiger partial charge on any atom is -0.396 e. The molecule has 0 bridgehead atoms. The molecule has 184 valence electrons. The molecule has 8 nitrogen and oxygen atoms in total. The summed E-state index contributed by atoms with van der Waals surface area (Å²) in [5, 5.41) is 40.1. The Hall–Kier alpha value is -2.63. The summed E-state index contributed by atoms with van der Waals surface area (Å²) in [4.78, 5) is 15.6. The molecule has 4 atom stereocenters. The molecule has 1 aliphatic rings. The normalized spacial score (nSPS) is 22.1. The number of hydrogen-bond donors (Lipinski definition) is 5. The fraction of sp³-hybridized carbons (Fsp3) is 0.400. The van der Waals surface area contributed by atoms with Crippen LogP contribution in [0.4, 0.5) is 11.8 Å². The van der Waals surface area contributed by atoms with Crippen LogP contribution in [0.5, 0.6) is 0 Å². The summed E-state index contributed by atoms with van der Waals surface area (Å²) in [6, 6.07) is 9.62. The summed E-state index contributed by atoms with van der Waals surface area (Å²) in [6.45, 7) is 4.55. The second-order valence-corrected chi connectivity index (χ2v) is 11.0. The summed E-state index contributed by atoms with van der Waals surface area (Å²) in [5.41, 5.74) is 3.74. The summed E-state index contributed by atoms with van der Waals surface area (Å²) in [7, 11) is 0. The van der Waals surface area contributed by atoms with Gasteiger partial charge in [0.2, 0.25) is 5.95 Å². The fourth-order valence-electron chi connectivity index (χ4n) is 4.56. The van der Waals surface area contributed by atoms with Gasteiger partial charge in [0.05, 0.1) is 33.6 Å². The highest BCUT2D eigenvalue weighted by molar-refractivity contribution is 7.21. The minimum atomic E-state index is -1.01. The quantitative estimate of drug-likeness (QED) is 0.243. The van der Waals surface area contributed by atoms with E-state index in [9.17, 15) is 15.3 Å². The number of benzene rings is 1. The number of nitrogens with zero attached hydrogens (tertiary/aromatic N) is 3. The van der Waals surface area contributed by atoms with Gasteiger partial charge in [-0.05, 0) is 55.8 Å². The number of aliphatic hydroxyl groups is 3. The van der Waals surface area contributed by atoms with Crippen molar-refractivity contribution in [1.29, 1.82) is 0 Å². The van der Waals surface area contributed by atoms with Crippen LogP contribution in [0.1, 0.15) is 22.6 Å². The Kier molecular flexibility index (Phi) is 6.99. The molecule has 0 radical (unpaired) electrons. The van der Waals surface area contributed by atoms with Gasteiger partial charge in [-0.1, -0.05) is 12.1 Å². The third-order valence-electron chi connectivity index (χ3n) is 6.56. The SMILES string of the molecule is Cc1ccsc1CCNc1nc(C)c(-c2nc3ccccc3s2)c(N[C@@H]2C[C@H](CO)[C@@H](O)[C@H]2O)n1.